The van der Waals surface area contributed by atoms with Crippen LogP contribution in [0.25, 0.3) is 135 Å². The lowest BCUT2D eigenvalue weighted by atomic mass is 10.0. The summed E-state index contributed by atoms with van der Waals surface area (Å²) in [6.07, 6.45) is 0. The monoisotopic (exact) mass is 942 g/mol. The number of aromatic nitrogens is 12. The van der Waals surface area contributed by atoms with Crippen LogP contribution in [0.3, 0.4) is 0 Å². The second-order valence-corrected chi connectivity index (χ2v) is 18.8. The molecule has 15 heteroatoms. The molecule has 0 unspecified atom stereocenters. The largest absolute Gasteiger partial charge is 0.416 e. The van der Waals surface area contributed by atoms with Crippen molar-refractivity contribution in [3.63, 3.8) is 0 Å². The fourth-order valence-electron chi connectivity index (χ4n) is 9.40. The smallest absolute Gasteiger partial charge is 0.248 e. The third-order valence-corrected chi connectivity index (χ3v) is 14.2. The molecule has 0 aliphatic rings. The Morgan fingerprint density at radius 3 is 0.681 bits per heavy atom. The maximum Gasteiger partial charge on any atom is 0.248 e. The molecule has 0 bridgehead atoms. The molecule has 0 aliphatic heterocycles. The van der Waals surface area contributed by atoms with Gasteiger partial charge in [0.25, 0.3) is 0 Å². The molecule has 0 saturated carbocycles. The minimum Gasteiger partial charge on any atom is -0.416 e. The highest BCUT2D eigenvalue weighted by molar-refractivity contribution is 6.21. The first kappa shape index (κ1) is 42.8. The number of benzene rings is 7. The summed E-state index contributed by atoms with van der Waals surface area (Å²) in [4.78, 5) is 31.5. The fourth-order valence-corrected chi connectivity index (χ4v) is 9.40. The van der Waals surface area contributed by atoms with Crippen LogP contribution in [0, 0.1) is 62.3 Å². The molecule has 13 aromatic rings. The first-order valence-corrected chi connectivity index (χ1v) is 23.5. The van der Waals surface area contributed by atoms with Crippen LogP contribution in [0.1, 0.15) is 50.1 Å². The van der Waals surface area contributed by atoms with Crippen LogP contribution in [-0.2, 0) is 0 Å². The summed E-state index contributed by atoms with van der Waals surface area (Å²) < 4.78 is 18.8. The molecule has 0 spiro atoms. The molecule has 0 aliphatic carbocycles. The Kier molecular flexibility index (Phi) is 9.46. The fraction of sp³-hybridized carbons (Fsp3) is 0.158. The lowest BCUT2D eigenvalue weighted by Crippen LogP contribution is -1.99. The average molecular weight is 943 g/mol. The molecule has 0 N–H and O–H groups in total. The van der Waals surface area contributed by atoms with Gasteiger partial charge in [-0.3, -0.25) is 0 Å². The molecule has 13 rings (SSSR count). The van der Waals surface area contributed by atoms with Crippen molar-refractivity contribution in [2.45, 2.75) is 62.3 Å². The van der Waals surface area contributed by atoms with Crippen molar-refractivity contribution >= 4 is 66.2 Å². The van der Waals surface area contributed by atoms with Gasteiger partial charge in [0.05, 0.1) is 33.1 Å². The van der Waals surface area contributed by atoms with Crippen LogP contribution in [0.5, 0.6) is 0 Å². The molecule has 0 atom stereocenters. The number of hydrogen-bond donors (Lipinski definition) is 0. The second kappa shape index (κ2) is 15.9. The van der Waals surface area contributed by atoms with E-state index < -0.39 is 0 Å². The minimum atomic E-state index is 0.355. The molecule has 0 fully saturated rings. The highest BCUT2D eigenvalue weighted by Crippen LogP contribution is 2.37. The molecular formula is C57H42N12O3. The molecule has 348 valence electrons. The van der Waals surface area contributed by atoms with E-state index in [0.717, 1.165) is 50.1 Å². The Hall–Kier alpha value is -9.24. The van der Waals surface area contributed by atoms with E-state index in [4.69, 9.17) is 43.2 Å². The van der Waals surface area contributed by atoms with Gasteiger partial charge < -0.3 is 13.3 Å². The Morgan fingerprint density at radius 2 is 0.444 bits per heavy atom. The molecule has 0 radical (unpaired) electrons. The zero-order valence-corrected chi connectivity index (χ0v) is 40.8. The quantitative estimate of drug-likeness (QED) is 0.113. The van der Waals surface area contributed by atoms with Gasteiger partial charge in [-0.1, -0.05) is 0 Å². The molecule has 6 aromatic heterocycles. The summed E-state index contributed by atoms with van der Waals surface area (Å²) in [5, 5.41) is 26.6. The van der Waals surface area contributed by atoms with Crippen LogP contribution >= 0.6 is 0 Å². The molecule has 15 nitrogen and oxygen atoms in total. The van der Waals surface area contributed by atoms with E-state index in [0.29, 0.717) is 118 Å². The van der Waals surface area contributed by atoms with E-state index in [1.807, 2.05) is 54.6 Å². The van der Waals surface area contributed by atoms with Crippen molar-refractivity contribution in [2.75, 3.05) is 0 Å². The third-order valence-electron chi connectivity index (χ3n) is 14.2. The molecule has 0 amide bonds. The predicted molar refractivity (Wildman–Crippen MR) is 277 cm³/mol. The normalized spacial score (nSPS) is 12.0. The highest BCUT2D eigenvalue weighted by atomic mass is 16.4. The summed E-state index contributed by atoms with van der Waals surface area (Å²) in [5.41, 5.74) is 21.9. The highest BCUT2D eigenvalue weighted by Gasteiger charge is 2.22. The summed E-state index contributed by atoms with van der Waals surface area (Å²) >= 11 is 0. The molecular weight excluding hydrogens is 901 g/mol. The minimum absolute atomic E-state index is 0.355. The van der Waals surface area contributed by atoms with Gasteiger partial charge in [-0.15, -0.1) is 30.6 Å². The van der Waals surface area contributed by atoms with Crippen molar-refractivity contribution in [1.29, 1.82) is 0 Å². The van der Waals surface area contributed by atoms with Gasteiger partial charge in [-0.25, -0.2) is 29.9 Å². The van der Waals surface area contributed by atoms with Gasteiger partial charge in [0.2, 0.25) is 35.3 Å². The van der Waals surface area contributed by atoms with Gasteiger partial charge in [0.15, 0.2) is 0 Å². The van der Waals surface area contributed by atoms with Gasteiger partial charge in [-0.2, -0.15) is 0 Å². The van der Waals surface area contributed by atoms with Gasteiger partial charge in [-0.05, 0) is 203 Å². The van der Waals surface area contributed by atoms with Crippen molar-refractivity contribution in [3.8, 4) is 68.7 Å². The summed E-state index contributed by atoms with van der Waals surface area (Å²) in [7, 11) is 0. The third kappa shape index (κ3) is 6.94. The van der Waals surface area contributed by atoms with Crippen molar-refractivity contribution in [2.24, 2.45) is 0 Å². The van der Waals surface area contributed by atoms with Crippen molar-refractivity contribution in [3.05, 3.63) is 141 Å². The van der Waals surface area contributed by atoms with Crippen LogP contribution in [0.4, 0.5) is 0 Å². The zero-order valence-electron chi connectivity index (χ0n) is 40.8. The van der Waals surface area contributed by atoms with E-state index in [-0.39, 0.29) is 0 Å². The summed E-state index contributed by atoms with van der Waals surface area (Å²) in [5.74, 6) is 2.38. The van der Waals surface area contributed by atoms with Crippen LogP contribution in [0.15, 0.2) is 104 Å². The Morgan fingerprint density at radius 1 is 0.236 bits per heavy atom. The summed E-state index contributed by atoms with van der Waals surface area (Å²) in [6.45, 7) is 18.8. The maximum absolute atomic E-state index is 6.28. The summed E-state index contributed by atoms with van der Waals surface area (Å²) in [6, 6.07) is 29.5. The van der Waals surface area contributed by atoms with E-state index >= 15 is 0 Å². The standard InChI is InChI=1S/C57H42N12O3/c1-25-16-37(17-26(2)31(25)7)55-67-64-52(70-55)34-10-13-40-43(22-34)61-49-46(58-40)47-50(62-44-23-35(11-14-41(44)59-47)53-65-68-56(71-53)38-18-27(3)32(8)28(4)19-38)51-48(49)60-42-15-12-36(24-45(42)63-51)54-66-69-57(72-54)39-20-29(5)33(9)30(6)21-39/h10-24H,1-9H3. The predicted octanol–water partition coefficient (Wildman–Crippen LogP) is 12.9. The number of rotatable bonds is 6. The van der Waals surface area contributed by atoms with Gasteiger partial charge >= 0.3 is 0 Å². The van der Waals surface area contributed by atoms with Crippen LogP contribution < -0.4 is 0 Å². The average Bonchev–Trinajstić information content (AvgIpc) is 4.20. The molecule has 6 heterocycles. The van der Waals surface area contributed by atoms with E-state index in [2.05, 4.69) is 129 Å². The number of aryl methyl sites for hydroxylation is 6. The topological polar surface area (TPSA) is 194 Å². The Bertz CT molecular complexity index is 4410. The first-order valence-electron chi connectivity index (χ1n) is 23.5. The van der Waals surface area contributed by atoms with Crippen molar-refractivity contribution < 1.29 is 13.3 Å². The number of fused-ring (bicyclic) bond motifs is 9. The van der Waals surface area contributed by atoms with Crippen LogP contribution in [-0.4, -0.2) is 60.5 Å². The van der Waals surface area contributed by atoms with Crippen molar-refractivity contribution in [1.82, 2.24) is 60.5 Å². The van der Waals surface area contributed by atoms with Gasteiger partial charge in [0, 0.05) is 33.4 Å². The van der Waals surface area contributed by atoms with E-state index in [1.54, 1.807) is 0 Å². The zero-order chi connectivity index (χ0) is 49.3. The van der Waals surface area contributed by atoms with Gasteiger partial charge in [0.1, 0.15) is 33.1 Å². The number of hydrogen-bond acceptors (Lipinski definition) is 15. The molecule has 0 saturated heterocycles. The maximum atomic E-state index is 6.28. The SMILES string of the molecule is Cc1cc(-c2nnc(-c3ccc4nc5c6nc7ccc(-c8nnc(-c9cc(C)c(C)c(C)c9)o8)cc7nc6c6nc7cc(-c8nnc(-c9cc(C)c(C)c(C)c9)o8)ccc7nc6c5nc4c3)o2)cc(C)c1C. The molecule has 7 aromatic carbocycles. The number of nitrogens with zero attached hydrogens (tertiary/aromatic N) is 12. The van der Waals surface area contributed by atoms with E-state index in [1.165, 1.54) is 16.7 Å². The Balaban J connectivity index is 0.973. The second-order valence-electron chi connectivity index (χ2n) is 18.8. The lowest BCUT2D eigenvalue weighted by molar-refractivity contribution is 0.584. The van der Waals surface area contributed by atoms with Crippen LogP contribution in [0.2, 0.25) is 0 Å². The first-order chi connectivity index (χ1) is 34.8. The van der Waals surface area contributed by atoms with E-state index in [9.17, 15) is 0 Å². The Labute approximate surface area is 410 Å². The lowest BCUT2D eigenvalue weighted by Gasteiger charge is -2.11. The molecule has 72 heavy (non-hydrogen) atoms.